The van der Waals surface area contributed by atoms with Gasteiger partial charge in [-0.15, -0.1) is 0 Å². The maximum Gasteiger partial charge on any atom is 0.262 e. The fraction of sp³-hybridized carbons (Fsp3) is 0.0625. The number of nitrogens with two attached hydrogens (primary N) is 1. The smallest absolute Gasteiger partial charge is 0.262 e. The Morgan fingerprint density at radius 2 is 1.75 bits per heavy atom. The molecule has 0 amide bonds. The number of nitrogens with one attached hydrogen (secondary N) is 2. The Bertz CT molecular complexity index is 2190. The normalized spacial score (nSPS) is 11.5. The molecule has 9 nitrogen and oxygen atoms in total. The lowest BCUT2D eigenvalue weighted by Gasteiger charge is -2.12. The summed E-state index contributed by atoms with van der Waals surface area (Å²) in [4.78, 5) is 16.3. The molecule has 0 fully saturated rings. The molecular weight excluding hydrogens is 588 g/mol. The number of carbonyl (C=O) groups is 1. The van der Waals surface area contributed by atoms with E-state index in [1.807, 2.05) is 6.92 Å². The molecule has 4 N–H and O–H groups in total. The van der Waals surface area contributed by atoms with Gasteiger partial charge in [-0.3, -0.25) is 9.52 Å². The first-order chi connectivity index (χ1) is 21.0. The van der Waals surface area contributed by atoms with E-state index < -0.39 is 27.4 Å². The van der Waals surface area contributed by atoms with Crippen LogP contribution in [0.1, 0.15) is 27.2 Å². The standard InChI is InChI=1S/C32H25F2N5O4S/c1-18-12-20-14-28(37-27(20)16-26(18)38-44(41,42)23-7-5-6-21(33)15-23)31(40)24-17-36-39(32(24)35)29-11-10-22(13-19(29)2)43-30-9-4-3-8-25(30)34/h3-17,37-38H,35H2,1-2H3. The first-order valence-corrected chi connectivity index (χ1v) is 14.8. The number of benzene rings is 4. The molecule has 2 aromatic heterocycles. The number of aryl methyl sites for hydroxylation is 2. The number of carbonyl (C=O) groups excluding carboxylic acids is 1. The van der Waals surface area contributed by atoms with Crippen LogP contribution in [-0.4, -0.2) is 29.0 Å². The highest BCUT2D eigenvalue weighted by Crippen LogP contribution is 2.31. The summed E-state index contributed by atoms with van der Waals surface area (Å²) in [6, 6.07) is 20.8. The number of para-hydroxylation sites is 1. The number of aromatic nitrogens is 3. The summed E-state index contributed by atoms with van der Waals surface area (Å²) >= 11 is 0. The molecule has 6 rings (SSSR count). The number of halogens is 2. The van der Waals surface area contributed by atoms with Crippen LogP contribution in [0.2, 0.25) is 0 Å². The van der Waals surface area contributed by atoms with E-state index in [0.717, 1.165) is 17.7 Å². The molecule has 0 aliphatic rings. The molecule has 6 aromatic rings. The number of fused-ring (bicyclic) bond motifs is 1. The third-order valence-electron chi connectivity index (χ3n) is 7.07. The number of rotatable bonds is 8. The molecule has 222 valence electrons. The van der Waals surface area contributed by atoms with Gasteiger partial charge in [-0.25, -0.2) is 21.9 Å². The van der Waals surface area contributed by atoms with Crippen LogP contribution in [0.3, 0.4) is 0 Å². The van der Waals surface area contributed by atoms with Crippen LogP contribution in [-0.2, 0) is 10.0 Å². The molecule has 4 aromatic carbocycles. The number of nitrogen functional groups attached to an aromatic ring is 1. The second kappa shape index (κ2) is 11.0. The number of ketones is 1. The lowest BCUT2D eigenvalue weighted by atomic mass is 10.1. The van der Waals surface area contributed by atoms with E-state index in [9.17, 15) is 22.0 Å². The van der Waals surface area contributed by atoms with Gasteiger partial charge in [0.1, 0.15) is 17.4 Å². The van der Waals surface area contributed by atoms with E-state index >= 15 is 0 Å². The Balaban J connectivity index is 1.26. The molecule has 0 aliphatic heterocycles. The summed E-state index contributed by atoms with van der Waals surface area (Å²) in [7, 11) is -4.06. The number of ether oxygens (including phenoxy) is 1. The highest BCUT2D eigenvalue weighted by Gasteiger charge is 2.22. The van der Waals surface area contributed by atoms with Gasteiger partial charge < -0.3 is 15.5 Å². The van der Waals surface area contributed by atoms with Gasteiger partial charge in [0, 0.05) is 10.9 Å². The summed E-state index contributed by atoms with van der Waals surface area (Å²) in [5.74, 6) is -0.945. The summed E-state index contributed by atoms with van der Waals surface area (Å²) in [5.41, 5.74) is 9.46. The van der Waals surface area contributed by atoms with Gasteiger partial charge in [0.25, 0.3) is 10.0 Å². The van der Waals surface area contributed by atoms with Crippen LogP contribution in [0.4, 0.5) is 20.3 Å². The first-order valence-electron chi connectivity index (χ1n) is 13.3. The third kappa shape index (κ3) is 5.38. The third-order valence-corrected chi connectivity index (χ3v) is 8.44. The van der Waals surface area contributed by atoms with Crippen molar-refractivity contribution in [3.8, 4) is 17.2 Å². The second-order valence-corrected chi connectivity index (χ2v) is 11.8. The summed E-state index contributed by atoms with van der Waals surface area (Å²) < 4.78 is 62.9. The quantitative estimate of drug-likeness (QED) is 0.165. The molecule has 0 unspecified atom stereocenters. The molecule has 44 heavy (non-hydrogen) atoms. The number of sulfonamides is 1. The van der Waals surface area contributed by atoms with Crippen LogP contribution in [0.25, 0.3) is 16.6 Å². The first kappa shape index (κ1) is 28.6. The molecule has 0 saturated carbocycles. The minimum absolute atomic E-state index is 0.0933. The highest BCUT2D eigenvalue weighted by molar-refractivity contribution is 7.92. The summed E-state index contributed by atoms with van der Waals surface area (Å²) in [6.07, 6.45) is 1.37. The Labute approximate surface area is 251 Å². The number of hydrogen-bond acceptors (Lipinski definition) is 6. The van der Waals surface area contributed by atoms with Gasteiger partial charge in [-0.1, -0.05) is 18.2 Å². The van der Waals surface area contributed by atoms with Crippen LogP contribution < -0.4 is 15.2 Å². The average molecular weight is 614 g/mol. The lowest BCUT2D eigenvalue weighted by molar-refractivity contribution is 0.103. The monoisotopic (exact) mass is 613 g/mol. The SMILES string of the molecule is Cc1cc2cc(C(=O)c3cnn(-c4ccc(Oc5ccccc5F)cc4C)c3N)[nH]c2cc1NS(=O)(=O)c1cccc(F)c1. The van der Waals surface area contributed by atoms with Crippen molar-refractivity contribution in [1.82, 2.24) is 14.8 Å². The van der Waals surface area contributed by atoms with Crippen molar-refractivity contribution in [3.63, 3.8) is 0 Å². The maximum absolute atomic E-state index is 14.0. The zero-order valence-electron chi connectivity index (χ0n) is 23.4. The summed E-state index contributed by atoms with van der Waals surface area (Å²) in [5, 5.41) is 5.00. The fourth-order valence-electron chi connectivity index (χ4n) is 4.82. The minimum atomic E-state index is -4.06. The van der Waals surface area contributed by atoms with Crippen molar-refractivity contribution < 1.29 is 26.7 Å². The Morgan fingerprint density at radius 3 is 2.50 bits per heavy atom. The topological polar surface area (TPSA) is 132 Å². The largest absolute Gasteiger partial charge is 0.454 e. The van der Waals surface area contributed by atoms with Crippen molar-refractivity contribution in [2.24, 2.45) is 0 Å². The van der Waals surface area contributed by atoms with E-state index in [2.05, 4.69) is 14.8 Å². The van der Waals surface area contributed by atoms with E-state index in [-0.39, 0.29) is 33.4 Å². The highest BCUT2D eigenvalue weighted by atomic mass is 32.2. The van der Waals surface area contributed by atoms with Gasteiger partial charge in [0.15, 0.2) is 11.6 Å². The van der Waals surface area contributed by atoms with Crippen molar-refractivity contribution in [2.45, 2.75) is 18.7 Å². The van der Waals surface area contributed by atoms with E-state index in [4.69, 9.17) is 10.5 Å². The predicted molar refractivity (Wildman–Crippen MR) is 163 cm³/mol. The Morgan fingerprint density at radius 1 is 0.955 bits per heavy atom. The Hall–Kier alpha value is -5.49. The van der Waals surface area contributed by atoms with Gasteiger partial charge in [-0.05, 0) is 91.7 Å². The molecule has 0 bridgehead atoms. The van der Waals surface area contributed by atoms with E-state index in [0.29, 0.717) is 27.9 Å². The number of nitrogens with zero attached hydrogens (tertiary/aromatic N) is 2. The van der Waals surface area contributed by atoms with Crippen LogP contribution in [0.15, 0.2) is 96.0 Å². The number of aromatic amines is 1. The number of anilines is 2. The van der Waals surface area contributed by atoms with Crippen molar-refractivity contribution in [1.29, 1.82) is 0 Å². The number of H-pyrrole nitrogens is 1. The predicted octanol–water partition coefficient (Wildman–Crippen LogP) is 6.65. The molecule has 0 radical (unpaired) electrons. The van der Waals surface area contributed by atoms with E-state index in [1.54, 1.807) is 55.5 Å². The zero-order chi connectivity index (χ0) is 31.2. The average Bonchev–Trinajstić information content (AvgIpc) is 3.57. The van der Waals surface area contributed by atoms with Gasteiger partial charge in [0.2, 0.25) is 5.78 Å². The van der Waals surface area contributed by atoms with Gasteiger partial charge >= 0.3 is 0 Å². The minimum Gasteiger partial charge on any atom is -0.454 e. The van der Waals surface area contributed by atoms with Crippen molar-refractivity contribution in [3.05, 3.63) is 125 Å². The van der Waals surface area contributed by atoms with Crippen molar-refractivity contribution in [2.75, 3.05) is 10.5 Å². The van der Waals surface area contributed by atoms with Gasteiger partial charge in [-0.2, -0.15) is 5.10 Å². The van der Waals surface area contributed by atoms with Crippen molar-refractivity contribution >= 4 is 38.2 Å². The molecule has 0 saturated heterocycles. The molecular formula is C32H25F2N5O4S. The maximum atomic E-state index is 14.0. The van der Waals surface area contributed by atoms with Gasteiger partial charge in [0.05, 0.1) is 33.7 Å². The second-order valence-electron chi connectivity index (χ2n) is 10.2. The van der Waals surface area contributed by atoms with E-state index in [1.165, 1.54) is 35.1 Å². The molecule has 0 aliphatic carbocycles. The lowest BCUT2D eigenvalue weighted by Crippen LogP contribution is -2.14. The van der Waals surface area contributed by atoms with Crippen LogP contribution >= 0.6 is 0 Å². The van der Waals surface area contributed by atoms with Crippen LogP contribution in [0, 0.1) is 25.5 Å². The Kier molecular flexibility index (Phi) is 7.14. The molecule has 0 atom stereocenters. The zero-order valence-corrected chi connectivity index (χ0v) is 24.2. The molecule has 0 spiro atoms. The number of hydrogen-bond donors (Lipinski definition) is 3. The summed E-state index contributed by atoms with van der Waals surface area (Å²) in [6.45, 7) is 3.53. The van der Waals surface area contributed by atoms with Crippen LogP contribution in [0.5, 0.6) is 11.5 Å². The molecule has 2 heterocycles. The fourth-order valence-corrected chi connectivity index (χ4v) is 5.97. The molecule has 12 heteroatoms.